The first-order chi connectivity index (χ1) is 30.0. The molecule has 6 aromatic rings. The molecule has 17 nitrogen and oxygen atoms in total. The van der Waals surface area contributed by atoms with E-state index >= 15 is 0 Å². The monoisotopic (exact) mass is 837 g/mol. The first-order valence-corrected chi connectivity index (χ1v) is 21.5. The summed E-state index contributed by atoms with van der Waals surface area (Å²) in [7, 11) is 1.89. The van der Waals surface area contributed by atoms with Crippen LogP contribution >= 0.6 is 0 Å². The molecule has 0 saturated carbocycles. The number of rotatable bonds is 10. The van der Waals surface area contributed by atoms with Crippen LogP contribution in [0.1, 0.15) is 43.9 Å². The Labute approximate surface area is 358 Å². The summed E-state index contributed by atoms with van der Waals surface area (Å²) >= 11 is 0. The van der Waals surface area contributed by atoms with Gasteiger partial charge in [0.05, 0.1) is 17.8 Å². The Balaban J connectivity index is 0.741. The molecule has 3 aliphatic heterocycles. The third kappa shape index (κ3) is 7.23. The number of aryl methyl sites for hydroxylation is 2. The second-order valence-corrected chi connectivity index (χ2v) is 17.2. The van der Waals surface area contributed by atoms with E-state index in [1.807, 2.05) is 42.1 Å². The number of benzene rings is 2. The lowest BCUT2D eigenvalue weighted by Gasteiger charge is -2.40. The topological polar surface area (TPSA) is 175 Å². The minimum absolute atomic E-state index is 0.240. The lowest BCUT2D eigenvalue weighted by Crippen LogP contribution is -2.49. The Hall–Kier alpha value is -6.59. The summed E-state index contributed by atoms with van der Waals surface area (Å²) in [4.78, 5) is 60.9. The first kappa shape index (κ1) is 39.5. The molecule has 4 aromatic heterocycles. The average Bonchev–Trinajstić information content (AvgIpc) is 3.87. The molecule has 320 valence electrons. The third-order valence-electron chi connectivity index (χ3n) is 13.0. The van der Waals surface area contributed by atoms with Gasteiger partial charge in [0.25, 0.3) is 5.56 Å². The lowest BCUT2D eigenvalue weighted by atomic mass is 9.95. The number of piperazine rings is 1. The number of carbonyl (C=O) groups excluding carboxylic acids is 2. The SMILES string of the molecule is C=CCn1c(=O)c2cnc(Nc3ccc(N4CCC(CN5CCN(c6ccc7c(N8CCC(=O)NC8=O)nn(C)c7c6)CC5)CC4)cc3)nc2n1-c1ccc2c(n1)[C@@](C)(O)CC2. The van der Waals surface area contributed by atoms with Gasteiger partial charge in [-0.15, -0.1) is 6.58 Å². The highest BCUT2D eigenvalue weighted by atomic mass is 16.3. The second kappa shape index (κ2) is 15.7. The van der Waals surface area contributed by atoms with E-state index in [0.717, 1.165) is 92.9 Å². The van der Waals surface area contributed by atoms with Crippen molar-refractivity contribution in [3.8, 4) is 5.82 Å². The van der Waals surface area contributed by atoms with Crippen LogP contribution in [-0.2, 0) is 30.4 Å². The smallest absolute Gasteiger partial charge is 0.329 e. The maximum absolute atomic E-state index is 13.5. The van der Waals surface area contributed by atoms with Crippen LogP contribution in [0.5, 0.6) is 0 Å². The maximum atomic E-state index is 13.5. The number of carbonyl (C=O) groups is 2. The normalized spacial score (nSPS) is 20.0. The fourth-order valence-corrected chi connectivity index (χ4v) is 9.57. The zero-order valence-corrected chi connectivity index (χ0v) is 35.1. The van der Waals surface area contributed by atoms with Gasteiger partial charge in [-0.25, -0.2) is 24.1 Å². The van der Waals surface area contributed by atoms with Crippen LogP contribution < -0.4 is 30.9 Å². The molecular formula is C45H51N13O4. The Morgan fingerprint density at radius 3 is 2.42 bits per heavy atom. The lowest BCUT2D eigenvalue weighted by molar-refractivity contribution is -0.120. The number of amides is 3. The fraction of sp³-hybridized carbons (Fsp3) is 0.400. The van der Waals surface area contributed by atoms with E-state index in [1.54, 1.807) is 33.5 Å². The van der Waals surface area contributed by atoms with E-state index in [9.17, 15) is 19.5 Å². The van der Waals surface area contributed by atoms with Gasteiger partial charge in [-0.05, 0) is 92.6 Å². The number of urea groups is 1. The third-order valence-corrected chi connectivity index (χ3v) is 13.0. The van der Waals surface area contributed by atoms with Crippen LogP contribution in [0, 0.1) is 5.92 Å². The summed E-state index contributed by atoms with van der Waals surface area (Å²) in [5.74, 6) is 1.83. The predicted octanol–water partition coefficient (Wildman–Crippen LogP) is 4.43. The minimum atomic E-state index is -1.03. The summed E-state index contributed by atoms with van der Waals surface area (Å²) in [5, 5.41) is 22.6. The number of nitrogens with one attached hydrogen (secondary N) is 2. The molecule has 2 aromatic carbocycles. The molecule has 1 atom stereocenters. The number of fused-ring (bicyclic) bond motifs is 3. The van der Waals surface area contributed by atoms with Gasteiger partial charge in [0.2, 0.25) is 11.9 Å². The van der Waals surface area contributed by atoms with Crippen LogP contribution in [0.25, 0.3) is 27.8 Å². The summed E-state index contributed by atoms with van der Waals surface area (Å²) in [5.41, 5.74) is 4.91. The largest absolute Gasteiger partial charge is 0.384 e. The molecule has 7 heterocycles. The molecule has 0 unspecified atom stereocenters. The van der Waals surface area contributed by atoms with Gasteiger partial charge < -0.3 is 20.2 Å². The van der Waals surface area contributed by atoms with Gasteiger partial charge in [-0.2, -0.15) is 10.1 Å². The summed E-state index contributed by atoms with van der Waals surface area (Å²) < 4.78 is 5.05. The number of anilines is 5. The molecule has 1 aliphatic carbocycles. The maximum Gasteiger partial charge on any atom is 0.329 e. The first-order valence-electron chi connectivity index (χ1n) is 21.5. The van der Waals surface area contributed by atoms with E-state index in [0.29, 0.717) is 53.2 Å². The Bertz CT molecular complexity index is 2770. The number of imide groups is 1. The number of aromatic nitrogens is 7. The summed E-state index contributed by atoms with van der Waals surface area (Å²) in [6.45, 7) is 13.2. The summed E-state index contributed by atoms with van der Waals surface area (Å²) in [6, 6.07) is 18.1. The molecule has 62 heavy (non-hydrogen) atoms. The predicted molar refractivity (Wildman–Crippen MR) is 239 cm³/mol. The van der Waals surface area contributed by atoms with Crippen molar-refractivity contribution in [3.05, 3.63) is 95.1 Å². The van der Waals surface area contributed by atoms with Gasteiger partial charge in [0, 0.05) is 94.5 Å². The van der Waals surface area contributed by atoms with Crippen LogP contribution in [-0.4, -0.2) is 108 Å². The van der Waals surface area contributed by atoms with E-state index in [2.05, 4.69) is 66.3 Å². The second-order valence-electron chi connectivity index (χ2n) is 17.2. The number of piperidine rings is 1. The number of nitrogens with zero attached hydrogens (tertiary/aromatic N) is 11. The van der Waals surface area contributed by atoms with Crippen LogP contribution in [0.2, 0.25) is 0 Å². The Morgan fingerprint density at radius 2 is 1.66 bits per heavy atom. The number of hydrogen-bond donors (Lipinski definition) is 3. The molecule has 4 aliphatic rings. The van der Waals surface area contributed by atoms with Crippen molar-refractivity contribution in [1.82, 2.24) is 44.3 Å². The van der Waals surface area contributed by atoms with Crippen molar-refractivity contribution in [2.45, 2.75) is 51.2 Å². The molecule has 3 fully saturated rings. The van der Waals surface area contributed by atoms with Gasteiger partial charge in [-0.1, -0.05) is 12.1 Å². The number of pyridine rings is 1. The quantitative estimate of drug-likeness (QED) is 0.166. The fourth-order valence-electron chi connectivity index (χ4n) is 9.57. The van der Waals surface area contributed by atoms with E-state index in [1.165, 1.54) is 5.69 Å². The average molecular weight is 838 g/mol. The molecule has 3 N–H and O–H groups in total. The zero-order valence-electron chi connectivity index (χ0n) is 35.1. The number of hydrogen-bond acceptors (Lipinski definition) is 12. The van der Waals surface area contributed by atoms with E-state index in [4.69, 9.17) is 9.97 Å². The van der Waals surface area contributed by atoms with Crippen molar-refractivity contribution in [1.29, 1.82) is 0 Å². The molecule has 17 heteroatoms. The van der Waals surface area contributed by atoms with Crippen LogP contribution in [0.3, 0.4) is 0 Å². The van der Waals surface area contributed by atoms with E-state index in [-0.39, 0.29) is 24.4 Å². The highest BCUT2D eigenvalue weighted by Crippen LogP contribution is 2.36. The van der Waals surface area contributed by atoms with E-state index < -0.39 is 11.6 Å². The molecule has 0 spiro atoms. The van der Waals surface area contributed by atoms with Crippen molar-refractivity contribution in [3.63, 3.8) is 0 Å². The Kier molecular flexibility index (Phi) is 10.0. The van der Waals surface area contributed by atoms with Gasteiger partial charge in [0.1, 0.15) is 11.0 Å². The number of aliphatic hydroxyl groups is 1. The molecule has 3 amide bonds. The standard InChI is InChI=1S/C45H51N13O4/c1-4-18-57-42(60)35-27-46-43(50-40(35)58(57)37-12-5-30-13-17-45(2,62)39(30)48-37)47-31-6-8-32(9-7-31)54-19-14-29(15-20-54)28-53-22-24-55(25-23-53)33-10-11-34-36(26-33)52(3)51-41(34)56-21-16-38(59)49-44(56)61/h4-12,26-27,29,62H,1,13-25,28H2,2-3H3,(H,46,47,50)(H,49,59,61)/t45-/m0/s1. The molecule has 3 saturated heterocycles. The molecule has 0 radical (unpaired) electrons. The van der Waals surface area contributed by atoms with Crippen molar-refractivity contribution < 1.29 is 14.7 Å². The van der Waals surface area contributed by atoms with Crippen molar-refractivity contribution in [2.24, 2.45) is 13.0 Å². The molecular weight excluding hydrogens is 787 g/mol. The van der Waals surface area contributed by atoms with Crippen LogP contribution in [0.4, 0.5) is 33.6 Å². The molecule has 10 rings (SSSR count). The van der Waals surface area contributed by atoms with Gasteiger partial charge in [-0.3, -0.25) is 29.4 Å². The van der Waals surface area contributed by atoms with Gasteiger partial charge >= 0.3 is 6.03 Å². The zero-order chi connectivity index (χ0) is 42.7. The molecule has 0 bridgehead atoms. The van der Waals surface area contributed by atoms with Crippen LogP contribution in [0.15, 0.2) is 78.2 Å². The minimum Gasteiger partial charge on any atom is -0.384 e. The highest BCUT2D eigenvalue weighted by Gasteiger charge is 2.35. The number of allylic oxidation sites excluding steroid dienone is 1. The summed E-state index contributed by atoms with van der Waals surface area (Å²) in [6.07, 6.45) is 7.11. The van der Waals surface area contributed by atoms with Crippen molar-refractivity contribution >= 4 is 62.7 Å². The van der Waals surface area contributed by atoms with Crippen molar-refractivity contribution in [2.75, 3.05) is 72.4 Å². The Morgan fingerprint density at radius 1 is 0.903 bits per heavy atom. The van der Waals surface area contributed by atoms with Gasteiger partial charge in [0.15, 0.2) is 17.3 Å². The highest BCUT2D eigenvalue weighted by molar-refractivity contribution is 6.09.